The summed E-state index contributed by atoms with van der Waals surface area (Å²) in [6.07, 6.45) is 0.419. The van der Waals surface area contributed by atoms with Crippen molar-refractivity contribution in [1.82, 2.24) is 4.31 Å². The molecule has 0 spiro atoms. The van der Waals surface area contributed by atoms with Crippen molar-refractivity contribution in [3.63, 3.8) is 0 Å². The van der Waals surface area contributed by atoms with E-state index < -0.39 is 22.5 Å². The van der Waals surface area contributed by atoms with E-state index in [2.05, 4.69) is 0 Å². The molecule has 0 saturated carbocycles. The maximum Gasteiger partial charge on any atom is 0.318 e. The summed E-state index contributed by atoms with van der Waals surface area (Å²) >= 11 is 1.50. The Morgan fingerprint density at radius 3 is 2.61 bits per heavy atom. The molecule has 1 aromatic rings. The fraction of sp³-hybridized carbons (Fsp3) is 0.545. The Kier molecular flexibility index (Phi) is 5.30. The molecule has 0 bridgehead atoms. The number of aliphatic carboxylic acids is 1. The number of hydrogen-bond donors (Lipinski definition) is 1. The second kappa shape index (κ2) is 6.31. The SMILES string of the molecule is CC(C)N(CC(=O)O)S(=O)(=O)CCc1cccs1. The standard InChI is InChI=1S/C11H17NO4S2/c1-9(2)12(8-11(13)14)18(15,16)7-5-10-4-3-6-17-10/h3-4,6,9H,5,7-8H2,1-2H3,(H,13,14). The van der Waals surface area contributed by atoms with E-state index in [1.807, 2.05) is 17.5 Å². The van der Waals surface area contributed by atoms with Gasteiger partial charge in [0.2, 0.25) is 10.0 Å². The quantitative estimate of drug-likeness (QED) is 0.824. The summed E-state index contributed by atoms with van der Waals surface area (Å²) in [5, 5.41) is 10.6. The highest BCUT2D eigenvalue weighted by atomic mass is 32.2. The summed E-state index contributed by atoms with van der Waals surface area (Å²) in [7, 11) is -3.53. The molecule has 0 fully saturated rings. The minimum absolute atomic E-state index is 0.0566. The van der Waals surface area contributed by atoms with Crippen LogP contribution in [0.4, 0.5) is 0 Å². The molecule has 18 heavy (non-hydrogen) atoms. The molecule has 0 aliphatic carbocycles. The second-order valence-electron chi connectivity index (χ2n) is 4.18. The lowest BCUT2D eigenvalue weighted by molar-refractivity contribution is -0.137. The van der Waals surface area contributed by atoms with E-state index in [0.717, 1.165) is 9.18 Å². The van der Waals surface area contributed by atoms with Crippen molar-refractivity contribution in [3.05, 3.63) is 22.4 Å². The number of nitrogens with zero attached hydrogens (tertiary/aromatic N) is 1. The number of hydrogen-bond acceptors (Lipinski definition) is 4. The molecule has 0 amide bonds. The molecular weight excluding hydrogens is 274 g/mol. The number of carbonyl (C=O) groups is 1. The summed E-state index contributed by atoms with van der Waals surface area (Å²) in [5.41, 5.74) is 0. The number of rotatable bonds is 7. The summed E-state index contributed by atoms with van der Waals surface area (Å²) in [6, 6.07) is 3.38. The lowest BCUT2D eigenvalue weighted by Crippen LogP contribution is -2.42. The topological polar surface area (TPSA) is 74.7 Å². The van der Waals surface area contributed by atoms with Gasteiger partial charge in [-0.15, -0.1) is 11.3 Å². The summed E-state index contributed by atoms with van der Waals surface area (Å²) in [5.74, 6) is -1.19. The normalized spacial score (nSPS) is 12.2. The Morgan fingerprint density at radius 1 is 1.50 bits per heavy atom. The van der Waals surface area contributed by atoms with Gasteiger partial charge in [-0.1, -0.05) is 6.07 Å². The van der Waals surface area contributed by atoms with Gasteiger partial charge < -0.3 is 5.11 Å². The smallest absolute Gasteiger partial charge is 0.318 e. The maximum atomic E-state index is 12.1. The summed E-state index contributed by atoms with van der Waals surface area (Å²) in [6.45, 7) is 2.86. The first kappa shape index (κ1) is 15.1. The zero-order valence-corrected chi connectivity index (χ0v) is 12.0. The van der Waals surface area contributed by atoms with Crippen LogP contribution in [0.1, 0.15) is 18.7 Å². The molecule has 1 rings (SSSR count). The molecule has 0 aliphatic heterocycles. The molecule has 102 valence electrons. The second-order valence-corrected chi connectivity index (χ2v) is 7.25. The van der Waals surface area contributed by atoms with Crippen LogP contribution in [-0.4, -0.2) is 42.1 Å². The van der Waals surface area contributed by atoms with Crippen molar-refractivity contribution in [1.29, 1.82) is 0 Å². The highest BCUT2D eigenvalue weighted by Crippen LogP contribution is 2.13. The van der Waals surface area contributed by atoms with Crippen LogP contribution in [0, 0.1) is 0 Å². The van der Waals surface area contributed by atoms with Gasteiger partial charge in [0.25, 0.3) is 0 Å². The van der Waals surface area contributed by atoms with Crippen LogP contribution in [0.2, 0.25) is 0 Å². The van der Waals surface area contributed by atoms with Gasteiger partial charge in [-0.2, -0.15) is 4.31 Å². The lowest BCUT2D eigenvalue weighted by atomic mass is 10.4. The largest absolute Gasteiger partial charge is 0.480 e. The predicted molar refractivity (Wildman–Crippen MR) is 71.3 cm³/mol. The molecule has 0 radical (unpaired) electrons. The van der Waals surface area contributed by atoms with Gasteiger partial charge in [-0.05, 0) is 31.7 Å². The van der Waals surface area contributed by atoms with Crippen LogP contribution in [0.15, 0.2) is 17.5 Å². The maximum absolute atomic E-state index is 12.1. The van der Waals surface area contributed by atoms with Crippen LogP contribution < -0.4 is 0 Å². The first-order valence-corrected chi connectivity index (χ1v) is 8.05. The van der Waals surface area contributed by atoms with Crippen molar-refractivity contribution in [2.75, 3.05) is 12.3 Å². The number of aryl methyl sites for hydroxylation is 1. The van der Waals surface area contributed by atoms with Crippen molar-refractivity contribution < 1.29 is 18.3 Å². The highest BCUT2D eigenvalue weighted by molar-refractivity contribution is 7.89. The molecular formula is C11H17NO4S2. The first-order valence-electron chi connectivity index (χ1n) is 5.56. The number of sulfonamides is 1. The third-order valence-corrected chi connectivity index (χ3v) is 5.33. The summed E-state index contributed by atoms with van der Waals surface area (Å²) < 4.78 is 25.2. The van der Waals surface area contributed by atoms with Gasteiger partial charge >= 0.3 is 5.97 Å². The number of carboxylic acids is 1. The Hall–Kier alpha value is -0.920. The van der Waals surface area contributed by atoms with Crippen LogP contribution in [0.5, 0.6) is 0 Å². The van der Waals surface area contributed by atoms with Crippen molar-refractivity contribution in [3.8, 4) is 0 Å². The van der Waals surface area contributed by atoms with Gasteiger partial charge in [0.1, 0.15) is 6.54 Å². The highest BCUT2D eigenvalue weighted by Gasteiger charge is 2.26. The molecule has 0 aromatic carbocycles. The van der Waals surface area contributed by atoms with Crippen LogP contribution in [0.3, 0.4) is 0 Å². The minimum atomic E-state index is -3.53. The Morgan fingerprint density at radius 2 is 2.17 bits per heavy atom. The Bertz CT molecular complexity index is 479. The van der Waals surface area contributed by atoms with Crippen LogP contribution in [-0.2, 0) is 21.2 Å². The van der Waals surface area contributed by atoms with E-state index in [9.17, 15) is 13.2 Å². The zero-order chi connectivity index (χ0) is 13.8. The van der Waals surface area contributed by atoms with Gasteiger partial charge in [-0.3, -0.25) is 4.79 Å². The monoisotopic (exact) mass is 291 g/mol. The molecule has 7 heteroatoms. The van der Waals surface area contributed by atoms with E-state index in [4.69, 9.17) is 5.11 Å². The molecule has 1 heterocycles. The fourth-order valence-corrected chi connectivity index (χ4v) is 4.04. The lowest BCUT2D eigenvalue weighted by Gasteiger charge is -2.23. The molecule has 5 nitrogen and oxygen atoms in total. The van der Waals surface area contributed by atoms with E-state index in [1.165, 1.54) is 11.3 Å². The molecule has 1 aromatic heterocycles. The van der Waals surface area contributed by atoms with Gasteiger partial charge in [0.15, 0.2) is 0 Å². The zero-order valence-electron chi connectivity index (χ0n) is 10.4. The number of thiophene rings is 1. The first-order chi connectivity index (χ1) is 8.33. The average molecular weight is 291 g/mol. The van der Waals surface area contributed by atoms with Crippen molar-refractivity contribution in [2.24, 2.45) is 0 Å². The third-order valence-electron chi connectivity index (χ3n) is 2.41. The average Bonchev–Trinajstić information content (AvgIpc) is 2.75. The molecule has 0 atom stereocenters. The molecule has 0 unspecified atom stereocenters. The third kappa shape index (κ3) is 4.40. The van der Waals surface area contributed by atoms with Crippen LogP contribution in [0.25, 0.3) is 0 Å². The Labute approximate surface area is 111 Å². The van der Waals surface area contributed by atoms with Gasteiger partial charge in [0, 0.05) is 10.9 Å². The van der Waals surface area contributed by atoms with Crippen LogP contribution >= 0.6 is 11.3 Å². The molecule has 0 saturated heterocycles. The molecule has 1 N–H and O–H groups in total. The van der Waals surface area contributed by atoms with E-state index >= 15 is 0 Å². The van der Waals surface area contributed by atoms with Gasteiger partial charge in [0.05, 0.1) is 5.75 Å². The number of carboxylic acid groups (broad SMARTS) is 1. The fourth-order valence-electron chi connectivity index (χ4n) is 1.54. The van der Waals surface area contributed by atoms with E-state index in [1.54, 1.807) is 13.8 Å². The Balaban J connectivity index is 2.72. The minimum Gasteiger partial charge on any atom is -0.480 e. The van der Waals surface area contributed by atoms with E-state index in [-0.39, 0.29) is 11.8 Å². The predicted octanol–water partition coefficient (Wildman–Crippen LogP) is 1.42. The summed E-state index contributed by atoms with van der Waals surface area (Å²) in [4.78, 5) is 11.7. The van der Waals surface area contributed by atoms with Gasteiger partial charge in [-0.25, -0.2) is 8.42 Å². The van der Waals surface area contributed by atoms with Crippen molar-refractivity contribution >= 4 is 27.3 Å². The van der Waals surface area contributed by atoms with E-state index in [0.29, 0.717) is 6.42 Å². The van der Waals surface area contributed by atoms with Crippen molar-refractivity contribution in [2.45, 2.75) is 26.3 Å². The molecule has 0 aliphatic rings.